The van der Waals surface area contributed by atoms with Crippen LogP contribution in [0.3, 0.4) is 0 Å². The van der Waals surface area contributed by atoms with E-state index in [0.717, 1.165) is 17.9 Å². The number of rotatable bonds is 16. The standard InChI is InChI=1S/C21H37BN2O3S/c1-3-5-7-9-11-13-15-17(14-12-10-8-6-4-2)28-18-16-19(25)24(20(18)26)23-21(22)27/h17-18H,3-16H2,1-2H3,(H,23,27). The summed E-state index contributed by atoms with van der Waals surface area (Å²) in [6.07, 6.45) is 16.0. The van der Waals surface area contributed by atoms with E-state index in [2.05, 4.69) is 19.3 Å². The number of nitrogens with zero attached hydrogens (tertiary/aromatic N) is 1. The lowest BCUT2D eigenvalue weighted by atomic mass is 10.0. The highest BCUT2D eigenvalue weighted by Crippen LogP contribution is 2.33. The van der Waals surface area contributed by atoms with Gasteiger partial charge in [-0.3, -0.25) is 19.8 Å². The lowest BCUT2D eigenvalue weighted by Gasteiger charge is -2.20. The topological polar surface area (TPSA) is 66.5 Å². The number of hydrazine groups is 1. The highest BCUT2D eigenvalue weighted by atomic mass is 32.2. The molecule has 0 spiro atoms. The van der Waals surface area contributed by atoms with Crippen LogP contribution >= 0.6 is 11.8 Å². The third kappa shape index (κ3) is 9.99. The van der Waals surface area contributed by atoms with Crippen LogP contribution < -0.4 is 5.43 Å². The summed E-state index contributed by atoms with van der Waals surface area (Å²) >= 11 is 1.62. The van der Waals surface area contributed by atoms with Crippen LogP contribution in [0.4, 0.5) is 4.79 Å². The lowest BCUT2D eigenvalue weighted by Crippen LogP contribution is -2.46. The van der Waals surface area contributed by atoms with Crippen LogP contribution in [0.5, 0.6) is 0 Å². The maximum absolute atomic E-state index is 12.5. The Morgan fingerprint density at radius 3 is 2.00 bits per heavy atom. The van der Waals surface area contributed by atoms with E-state index < -0.39 is 11.1 Å². The maximum Gasteiger partial charge on any atom is 0.261 e. The van der Waals surface area contributed by atoms with E-state index in [1.165, 1.54) is 70.6 Å². The van der Waals surface area contributed by atoms with Gasteiger partial charge in [0.2, 0.25) is 13.8 Å². The number of amides is 3. The molecular weight excluding hydrogens is 371 g/mol. The normalized spacial score (nSPS) is 17.9. The van der Waals surface area contributed by atoms with Crippen molar-refractivity contribution in [2.45, 2.75) is 114 Å². The number of unbranched alkanes of at least 4 members (excludes halogenated alkanes) is 9. The van der Waals surface area contributed by atoms with E-state index in [0.29, 0.717) is 5.25 Å². The Bertz CT molecular complexity index is 490. The zero-order chi connectivity index (χ0) is 20.8. The number of imide groups is 1. The highest BCUT2D eigenvalue weighted by Gasteiger charge is 2.40. The zero-order valence-corrected chi connectivity index (χ0v) is 18.5. The highest BCUT2D eigenvalue weighted by molar-refractivity contribution is 8.01. The van der Waals surface area contributed by atoms with Crippen LogP contribution in [-0.2, 0) is 9.59 Å². The van der Waals surface area contributed by atoms with Crippen molar-refractivity contribution in [1.29, 1.82) is 0 Å². The summed E-state index contributed by atoms with van der Waals surface area (Å²) in [4.78, 5) is 35.5. The van der Waals surface area contributed by atoms with Crippen molar-refractivity contribution < 1.29 is 14.4 Å². The summed E-state index contributed by atoms with van der Waals surface area (Å²) in [5.41, 5.74) is 2.14. The molecule has 0 aromatic heterocycles. The monoisotopic (exact) mass is 408 g/mol. The average molecular weight is 408 g/mol. The van der Waals surface area contributed by atoms with E-state index >= 15 is 0 Å². The fraction of sp³-hybridized carbons (Fsp3) is 0.857. The number of carbonyl (C=O) groups excluding carboxylic acids is 3. The minimum atomic E-state index is -0.882. The Morgan fingerprint density at radius 2 is 1.50 bits per heavy atom. The molecule has 1 saturated heterocycles. The molecule has 7 heteroatoms. The van der Waals surface area contributed by atoms with Crippen LogP contribution in [0.1, 0.15) is 104 Å². The van der Waals surface area contributed by atoms with Gasteiger partial charge in [0.25, 0.3) is 5.91 Å². The Balaban J connectivity index is 2.49. The lowest BCUT2D eigenvalue weighted by molar-refractivity contribution is -0.140. The van der Waals surface area contributed by atoms with Crippen molar-refractivity contribution >= 4 is 37.2 Å². The van der Waals surface area contributed by atoms with Gasteiger partial charge >= 0.3 is 0 Å². The third-order valence-electron chi connectivity index (χ3n) is 5.19. The number of thioether (sulfide) groups is 1. The molecule has 0 aromatic carbocycles. The van der Waals surface area contributed by atoms with Crippen LogP contribution in [0.25, 0.3) is 0 Å². The average Bonchev–Trinajstić information content (AvgIpc) is 2.91. The smallest absolute Gasteiger partial charge is 0.261 e. The molecule has 2 atom stereocenters. The molecule has 2 radical (unpaired) electrons. The van der Waals surface area contributed by atoms with Crippen molar-refractivity contribution in [2.75, 3.05) is 0 Å². The number of carbonyl (C=O) groups is 3. The van der Waals surface area contributed by atoms with Crippen LogP contribution in [-0.4, -0.2) is 41.0 Å². The first-order chi connectivity index (χ1) is 13.5. The molecule has 1 heterocycles. The molecule has 1 N–H and O–H groups in total. The van der Waals surface area contributed by atoms with Gasteiger partial charge in [0.15, 0.2) is 5.81 Å². The van der Waals surface area contributed by atoms with Crippen LogP contribution in [0.2, 0.25) is 0 Å². The molecule has 0 bridgehead atoms. The Hall–Kier alpha value is -0.975. The largest absolute Gasteiger partial charge is 0.288 e. The van der Waals surface area contributed by atoms with E-state index in [4.69, 9.17) is 7.85 Å². The van der Waals surface area contributed by atoms with Crippen molar-refractivity contribution in [3.05, 3.63) is 0 Å². The van der Waals surface area contributed by atoms with E-state index in [-0.39, 0.29) is 18.2 Å². The molecule has 1 rings (SSSR count). The summed E-state index contributed by atoms with van der Waals surface area (Å²) in [6, 6.07) is 0. The zero-order valence-electron chi connectivity index (χ0n) is 17.7. The van der Waals surface area contributed by atoms with Gasteiger partial charge in [-0.15, -0.1) is 11.8 Å². The van der Waals surface area contributed by atoms with Gasteiger partial charge in [-0.25, -0.2) is 0 Å². The van der Waals surface area contributed by atoms with Crippen LogP contribution in [0.15, 0.2) is 0 Å². The third-order valence-corrected chi connectivity index (χ3v) is 6.75. The van der Waals surface area contributed by atoms with Gasteiger partial charge in [-0.05, 0) is 12.8 Å². The molecule has 2 unspecified atom stereocenters. The predicted octanol–water partition coefficient (Wildman–Crippen LogP) is 5.12. The molecule has 5 nitrogen and oxygen atoms in total. The molecule has 158 valence electrons. The van der Waals surface area contributed by atoms with Gasteiger partial charge in [0, 0.05) is 11.7 Å². The fourth-order valence-electron chi connectivity index (χ4n) is 3.58. The second-order valence-electron chi connectivity index (χ2n) is 7.75. The summed E-state index contributed by atoms with van der Waals surface area (Å²) in [7, 11) is 5.06. The Labute approximate surface area is 176 Å². The van der Waals surface area contributed by atoms with E-state index in [1.807, 2.05) is 0 Å². The first-order valence-corrected chi connectivity index (χ1v) is 12.0. The summed E-state index contributed by atoms with van der Waals surface area (Å²) in [5.74, 6) is -1.60. The van der Waals surface area contributed by atoms with Gasteiger partial charge in [-0.1, -0.05) is 84.5 Å². The van der Waals surface area contributed by atoms with Crippen LogP contribution in [0, 0.1) is 0 Å². The van der Waals surface area contributed by atoms with Crippen molar-refractivity contribution in [3.63, 3.8) is 0 Å². The molecule has 28 heavy (non-hydrogen) atoms. The molecule has 0 aliphatic carbocycles. The fourth-order valence-corrected chi connectivity index (χ4v) is 5.11. The minimum absolute atomic E-state index is 0.145. The molecule has 1 fully saturated rings. The SMILES string of the molecule is [B]C(=O)NN1C(=O)CC(SC(CCCCCCC)CCCCCCCC)C1=O. The molecule has 1 aliphatic heterocycles. The maximum atomic E-state index is 12.5. The van der Waals surface area contributed by atoms with Crippen molar-refractivity contribution in [3.8, 4) is 0 Å². The van der Waals surface area contributed by atoms with Crippen molar-refractivity contribution in [2.24, 2.45) is 0 Å². The Morgan fingerprint density at radius 1 is 1.00 bits per heavy atom. The number of hydrogen-bond acceptors (Lipinski definition) is 4. The van der Waals surface area contributed by atoms with E-state index in [9.17, 15) is 14.4 Å². The summed E-state index contributed by atoms with van der Waals surface area (Å²) in [5, 5.41) is 0.784. The Kier molecular flexibility index (Phi) is 13.4. The first kappa shape index (κ1) is 25.1. The van der Waals surface area contributed by atoms with Crippen molar-refractivity contribution in [1.82, 2.24) is 10.4 Å². The second-order valence-corrected chi connectivity index (χ2v) is 9.26. The molecule has 0 aromatic rings. The van der Waals surface area contributed by atoms with Gasteiger partial charge < -0.3 is 0 Å². The molecule has 3 amide bonds. The summed E-state index contributed by atoms with van der Waals surface area (Å²) in [6.45, 7) is 4.44. The number of nitrogens with one attached hydrogen (secondary N) is 1. The molecular formula is C21H37BN2O3S. The quantitative estimate of drug-likeness (QED) is 0.219. The van der Waals surface area contributed by atoms with E-state index in [1.54, 1.807) is 11.8 Å². The minimum Gasteiger partial charge on any atom is -0.288 e. The van der Waals surface area contributed by atoms with Gasteiger partial charge in [0.1, 0.15) is 0 Å². The molecule has 1 aliphatic rings. The van der Waals surface area contributed by atoms with Gasteiger partial charge in [-0.2, -0.15) is 5.01 Å². The molecule has 0 saturated carbocycles. The van der Waals surface area contributed by atoms with Gasteiger partial charge in [0.05, 0.1) is 5.25 Å². The number of hydrogen-bond donors (Lipinski definition) is 1. The second kappa shape index (κ2) is 14.9. The summed E-state index contributed by atoms with van der Waals surface area (Å²) < 4.78 is 0. The first-order valence-electron chi connectivity index (χ1n) is 11.1. The predicted molar refractivity (Wildman–Crippen MR) is 117 cm³/mol.